The number of sulfone groups is 1. The van der Waals surface area contributed by atoms with Gasteiger partial charge in [0.2, 0.25) is 0 Å². The number of hydrogen-bond donors (Lipinski definition) is 1. The third-order valence-corrected chi connectivity index (χ3v) is 4.68. The Morgan fingerprint density at radius 1 is 1.29 bits per heavy atom. The summed E-state index contributed by atoms with van der Waals surface area (Å²) >= 11 is 0. The van der Waals surface area contributed by atoms with Gasteiger partial charge in [0.15, 0.2) is 9.84 Å². The molecule has 1 aromatic carbocycles. The molecule has 0 heterocycles. The number of benzene rings is 1. The van der Waals surface area contributed by atoms with E-state index in [1.807, 2.05) is 0 Å². The van der Waals surface area contributed by atoms with Crippen molar-refractivity contribution in [3.05, 3.63) is 23.8 Å². The zero-order valence-corrected chi connectivity index (χ0v) is 11.5. The lowest BCUT2D eigenvalue weighted by Gasteiger charge is -2.09. The van der Waals surface area contributed by atoms with E-state index in [1.165, 1.54) is 0 Å². The molecule has 0 bridgehead atoms. The number of rotatable bonds is 5. The van der Waals surface area contributed by atoms with Gasteiger partial charge in [-0.05, 0) is 43.4 Å². The van der Waals surface area contributed by atoms with Crippen LogP contribution >= 0.6 is 0 Å². The van der Waals surface area contributed by atoms with Gasteiger partial charge in [0.25, 0.3) is 0 Å². The average molecular weight is 255 g/mol. The Balaban J connectivity index is 2.86. The van der Waals surface area contributed by atoms with E-state index in [9.17, 15) is 8.42 Å². The van der Waals surface area contributed by atoms with E-state index in [0.29, 0.717) is 22.9 Å². The third-order valence-electron chi connectivity index (χ3n) is 2.74. The van der Waals surface area contributed by atoms with Gasteiger partial charge in [-0.25, -0.2) is 8.42 Å². The SMILES string of the molecule is Cc1ccc(N)cc1S(=O)(=O)CCCC(C)C. The van der Waals surface area contributed by atoms with Crippen LogP contribution in [0.1, 0.15) is 32.3 Å². The van der Waals surface area contributed by atoms with Gasteiger partial charge >= 0.3 is 0 Å². The van der Waals surface area contributed by atoms with Crippen LogP contribution in [0.25, 0.3) is 0 Å². The van der Waals surface area contributed by atoms with Gasteiger partial charge in [0, 0.05) is 5.69 Å². The molecule has 0 aliphatic rings. The van der Waals surface area contributed by atoms with Crippen LogP contribution < -0.4 is 5.73 Å². The maximum atomic E-state index is 12.1. The number of aryl methyl sites for hydroxylation is 1. The molecule has 0 spiro atoms. The van der Waals surface area contributed by atoms with Crippen LogP contribution in [0.3, 0.4) is 0 Å². The first kappa shape index (κ1) is 14.0. The van der Waals surface area contributed by atoms with Gasteiger partial charge in [-0.2, -0.15) is 0 Å². The first-order chi connectivity index (χ1) is 7.83. The van der Waals surface area contributed by atoms with E-state index in [2.05, 4.69) is 13.8 Å². The molecular weight excluding hydrogens is 234 g/mol. The van der Waals surface area contributed by atoms with Crippen LogP contribution in [0.5, 0.6) is 0 Å². The molecule has 2 N–H and O–H groups in total. The standard InChI is InChI=1S/C13H21NO2S/c1-10(2)5-4-8-17(15,16)13-9-12(14)7-6-11(13)3/h6-7,9-10H,4-5,8,14H2,1-3H3. The Morgan fingerprint density at radius 2 is 1.94 bits per heavy atom. The topological polar surface area (TPSA) is 60.2 Å². The van der Waals surface area contributed by atoms with Gasteiger partial charge in [-0.15, -0.1) is 0 Å². The molecule has 0 aromatic heterocycles. The van der Waals surface area contributed by atoms with Crippen molar-refractivity contribution in [3.8, 4) is 0 Å². The average Bonchev–Trinajstić information content (AvgIpc) is 2.20. The first-order valence-corrected chi connectivity index (χ1v) is 7.57. The molecule has 0 atom stereocenters. The minimum atomic E-state index is -3.19. The Hall–Kier alpha value is -1.03. The second-order valence-corrected chi connectivity index (χ2v) is 6.96. The molecule has 3 nitrogen and oxygen atoms in total. The first-order valence-electron chi connectivity index (χ1n) is 5.92. The predicted molar refractivity (Wildman–Crippen MR) is 71.7 cm³/mol. The van der Waals surface area contributed by atoms with Gasteiger partial charge in [0.1, 0.15) is 0 Å². The van der Waals surface area contributed by atoms with Crippen molar-refractivity contribution in [2.75, 3.05) is 11.5 Å². The summed E-state index contributed by atoms with van der Waals surface area (Å²) < 4.78 is 24.3. The maximum absolute atomic E-state index is 12.1. The van der Waals surface area contributed by atoms with Crippen molar-refractivity contribution >= 4 is 15.5 Å². The van der Waals surface area contributed by atoms with E-state index < -0.39 is 9.84 Å². The molecule has 4 heteroatoms. The van der Waals surface area contributed by atoms with Crippen molar-refractivity contribution in [1.82, 2.24) is 0 Å². The van der Waals surface area contributed by atoms with Crippen LogP contribution in [0.4, 0.5) is 5.69 Å². The largest absolute Gasteiger partial charge is 0.399 e. The number of anilines is 1. The molecular formula is C13H21NO2S. The van der Waals surface area contributed by atoms with Crippen LogP contribution in [0.15, 0.2) is 23.1 Å². The second kappa shape index (κ2) is 5.54. The number of hydrogen-bond acceptors (Lipinski definition) is 3. The zero-order chi connectivity index (χ0) is 13.1. The summed E-state index contributed by atoms with van der Waals surface area (Å²) in [5.41, 5.74) is 6.90. The highest BCUT2D eigenvalue weighted by atomic mass is 32.2. The molecule has 17 heavy (non-hydrogen) atoms. The van der Waals surface area contributed by atoms with E-state index in [1.54, 1.807) is 25.1 Å². The predicted octanol–water partition coefficient (Wildman–Crippen LogP) is 2.79. The lowest BCUT2D eigenvalue weighted by molar-refractivity contribution is 0.559. The summed E-state index contributed by atoms with van der Waals surface area (Å²) in [5, 5.41) is 0. The summed E-state index contributed by atoms with van der Waals surface area (Å²) in [4.78, 5) is 0.376. The van der Waals surface area contributed by atoms with E-state index in [0.717, 1.165) is 12.0 Å². The minimum Gasteiger partial charge on any atom is -0.399 e. The quantitative estimate of drug-likeness (QED) is 0.823. The van der Waals surface area contributed by atoms with Crippen molar-refractivity contribution < 1.29 is 8.42 Å². The van der Waals surface area contributed by atoms with Crippen molar-refractivity contribution in [1.29, 1.82) is 0 Å². The van der Waals surface area contributed by atoms with Crippen molar-refractivity contribution in [2.24, 2.45) is 5.92 Å². The van der Waals surface area contributed by atoms with Gasteiger partial charge in [0.05, 0.1) is 10.6 Å². The summed E-state index contributed by atoms with van der Waals surface area (Å²) in [5.74, 6) is 0.738. The molecule has 96 valence electrons. The van der Waals surface area contributed by atoms with Crippen LogP contribution in [0, 0.1) is 12.8 Å². The zero-order valence-electron chi connectivity index (χ0n) is 10.7. The van der Waals surface area contributed by atoms with E-state index >= 15 is 0 Å². The number of nitrogens with two attached hydrogens (primary N) is 1. The van der Waals surface area contributed by atoms with Gasteiger partial charge in [-0.3, -0.25) is 0 Å². The fourth-order valence-corrected chi connectivity index (χ4v) is 3.38. The molecule has 0 fully saturated rings. The Morgan fingerprint density at radius 3 is 2.53 bits per heavy atom. The Kier molecular flexibility index (Phi) is 4.57. The highest BCUT2D eigenvalue weighted by Crippen LogP contribution is 2.21. The normalized spacial score (nSPS) is 12.0. The number of nitrogen functional groups attached to an aromatic ring is 1. The van der Waals surface area contributed by atoms with Crippen molar-refractivity contribution in [3.63, 3.8) is 0 Å². The summed E-state index contributed by atoms with van der Waals surface area (Å²) in [6, 6.07) is 5.03. The fraction of sp³-hybridized carbons (Fsp3) is 0.538. The molecule has 0 aliphatic carbocycles. The van der Waals surface area contributed by atoms with E-state index in [-0.39, 0.29) is 5.75 Å². The van der Waals surface area contributed by atoms with Crippen molar-refractivity contribution in [2.45, 2.75) is 38.5 Å². The highest BCUT2D eigenvalue weighted by Gasteiger charge is 2.17. The summed E-state index contributed by atoms with van der Waals surface area (Å²) in [6.45, 7) is 5.99. The lowest BCUT2D eigenvalue weighted by Crippen LogP contribution is -2.10. The third kappa shape index (κ3) is 4.04. The molecule has 0 amide bonds. The molecule has 0 radical (unpaired) electrons. The fourth-order valence-electron chi connectivity index (χ4n) is 1.74. The molecule has 0 aliphatic heterocycles. The molecule has 0 saturated carbocycles. The minimum absolute atomic E-state index is 0.204. The summed E-state index contributed by atoms with van der Waals surface area (Å²) in [6.07, 6.45) is 1.63. The van der Waals surface area contributed by atoms with Crippen LogP contribution in [-0.2, 0) is 9.84 Å². The second-order valence-electron chi connectivity index (χ2n) is 4.88. The summed E-state index contributed by atoms with van der Waals surface area (Å²) in [7, 11) is -3.19. The Bertz CT molecular complexity index is 478. The van der Waals surface area contributed by atoms with Crippen LogP contribution in [0.2, 0.25) is 0 Å². The van der Waals surface area contributed by atoms with Gasteiger partial charge in [-0.1, -0.05) is 19.9 Å². The highest BCUT2D eigenvalue weighted by molar-refractivity contribution is 7.91. The van der Waals surface area contributed by atoms with Crippen LogP contribution in [-0.4, -0.2) is 14.2 Å². The smallest absolute Gasteiger partial charge is 0.178 e. The molecule has 1 aromatic rings. The molecule has 1 rings (SSSR count). The monoisotopic (exact) mass is 255 g/mol. The molecule has 0 saturated heterocycles. The molecule has 0 unspecified atom stereocenters. The lowest BCUT2D eigenvalue weighted by atomic mass is 10.1. The van der Waals surface area contributed by atoms with Gasteiger partial charge < -0.3 is 5.73 Å². The van der Waals surface area contributed by atoms with E-state index in [4.69, 9.17) is 5.73 Å². The maximum Gasteiger partial charge on any atom is 0.178 e. The Labute approximate surface area is 104 Å².